The van der Waals surface area contributed by atoms with Gasteiger partial charge in [-0.2, -0.15) is 0 Å². The summed E-state index contributed by atoms with van der Waals surface area (Å²) >= 11 is 1.07. The van der Waals surface area contributed by atoms with Crippen LogP contribution >= 0.6 is 11.3 Å². The molecule has 1 amide bonds. The van der Waals surface area contributed by atoms with Crippen LogP contribution in [0.5, 0.6) is 0 Å². The Morgan fingerprint density at radius 3 is 2.58 bits per heavy atom. The van der Waals surface area contributed by atoms with Crippen LogP contribution in [0.2, 0.25) is 0 Å². The molecule has 0 spiro atoms. The lowest BCUT2D eigenvalue weighted by molar-refractivity contribution is -0.158. The molecule has 1 saturated carbocycles. The van der Waals surface area contributed by atoms with E-state index in [0.29, 0.717) is 10.6 Å². The average Bonchev–Trinajstić information content (AvgIpc) is 3.18. The van der Waals surface area contributed by atoms with E-state index >= 15 is 0 Å². The molecule has 1 aliphatic heterocycles. The number of rotatable bonds is 6. The van der Waals surface area contributed by atoms with Crippen molar-refractivity contribution in [2.24, 2.45) is 11.3 Å². The van der Waals surface area contributed by atoms with Gasteiger partial charge in [-0.05, 0) is 52.5 Å². The van der Waals surface area contributed by atoms with Crippen LogP contribution in [0.4, 0.5) is 5.69 Å². The SMILES string of the molecule is CC(C)(C)C#Cc1cc(N2C(=O)[C@@](C)(CC(O)CO)OC[C@H]2C2CCCCC2)c(C(=O)O)s1. The molecule has 0 radical (unpaired) electrons. The van der Waals surface area contributed by atoms with Crippen LogP contribution in [-0.4, -0.2) is 58.2 Å². The largest absolute Gasteiger partial charge is 0.477 e. The molecule has 2 fully saturated rings. The summed E-state index contributed by atoms with van der Waals surface area (Å²) in [4.78, 5) is 28.3. The first kappa shape index (κ1) is 25.7. The Balaban J connectivity index is 2.08. The summed E-state index contributed by atoms with van der Waals surface area (Å²) in [6.45, 7) is 7.32. The lowest BCUT2D eigenvalue weighted by Crippen LogP contribution is -2.63. The van der Waals surface area contributed by atoms with Crippen LogP contribution in [-0.2, 0) is 9.53 Å². The number of aliphatic hydroxyl groups excluding tert-OH is 2. The third-order valence-electron chi connectivity index (χ3n) is 6.33. The minimum Gasteiger partial charge on any atom is -0.477 e. The predicted octanol–water partition coefficient (Wildman–Crippen LogP) is 3.66. The van der Waals surface area contributed by atoms with Gasteiger partial charge in [-0.15, -0.1) is 11.3 Å². The van der Waals surface area contributed by atoms with Gasteiger partial charge >= 0.3 is 5.97 Å². The van der Waals surface area contributed by atoms with Gasteiger partial charge in [-0.3, -0.25) is 4.79 Å². The summed E-state index contributed by atoms with van der Waals surface area (Å²) in [5.74, 6) is 4.94. The van der Waals surface area contributed by atoms with E-state index in [9.17, 15) is 24.9 Å². The molecule has 2 heterocycles. The summed E-state index contributed by atoms with van der Waals surface area (Å²) in [5, 5.41) is 29.3. The smallest absolute Gasteiger partial charge is 0.348 e. The number of hydrogen-bond donors (Lipinski definition) is 3. The monoisotopic (exact) mass is 477 g/mol. The third-order valence-corrected chi connectivity index (χ3v) is 7.36. The van der Waals surface area contributed by atoms with Crippen LogP contribution < -0.4 is 4.90 Å². The number of carbonyl (C=O) groups excluding carboxylic acids is 1. The molecule has 3 atom stereocenters. The molecule has 2 aliphatic rings. The number of carboxylic acid groups (broad SMARTS) is 1. The van der Waals surface area contributed by atoms with E-state index in [-0.39, 0.29) is 41.2 Å². The fraction of sp³-hybridized carbons (Fsp3) is 0.680. The third kappa shape index (κ3) is 5.96. The summed E-state index contributed by atoms with van der Waals surface area (Å²) < 4.78 is 6.03. The van der Waals surface area contributed by atoms with Crippen LogP contribution in [0.15, 0.2) is 6.07 Å². The fourth-order valence-corrected chi connectivity index (χ4v) is 5.49. The van der Waals surface area contributed by atoms with E-state index in [0.717, 1.165) is 43.4 Å². The summed E-state index contributed by atoms with van der Waals surface area (Å²) in [7, 11) is 0. The number of carbonyl (C=O) groups is 2. The van der Waals surface area contributed by atoms with E-state index in [1.165, 1.54) is 0 Å². The Morgan fingerprint density at radius 1 is 1.33 bits per heavy atom. The zero-order valence-corrected chi connectivity index (χ0v) is 20.7. The maximum absolute atomic E-state index is 13.8. The Morgan fingerprint density at radius 2 is 2.00 bits per heavy atom. The van der Waals surface area contributed by atoms with Gasteiger partial charge in [0.1, 0.15) is 10.5 Å². The average molecular weight is 478 g/mol. The quantitative estimate of drug-likeness (QED) is 0.540. The van der Waals surface area contributed by atoms with Crippen LogP contribution in [0.3, 0.4) is 0 Å². The number of aromatic carboxylic acids is 1. The van der Waals surface area contributed by atoms with Crippen molar-refractivity contribution in [3.05, 3.63) is 15.8 Å². The minimum absolute atomic E-state index is 0.0700. The van der Waals surface area contributed by atoms with Crippen molar-refractivity contribution in [2.45, 2.75) is 84.0 Å². The standard InChI is InChI=1S/C25H35NO6S/c1-24(2,3)11-10-18-12-19(21(33-18)22(29)30)26-20(16-8-6-5-7-9-16)15-32-25(4,23(26)31)13-17(28)14-27/h12,16-17,20,27-28H,5-9,13-15H2,1-4H3,(H,29,30)/t17?,20-,25+/m0/s1. The van der Waals surface area contributed by atoms with Crippen LogP contribution in [0, 0.1) is 23.2 Å². The highest BCUT2D eigenvalue weighted by atomic mass is 32.1. The molecule has 33 heavy (non-hydrogen) atoms. The Labute approximate surface area is 199 Å². The van der Waals surface area contributed by atoms with Crippen molar-refractivity contribution in [2.75, 3.05) is 18.1 Å². The molecule has 0 aromatic carbocycles. The van der Waals surface area contributed by atoms with Crippen LogP contribution in [0.1, 0.15) is 80.8 Å². The van der Waals surface area contributed by atoms with E-state index in [1.807, 2.05) is 20.8 Å². The van der Waals surface area contributed by atoms with Gasteiger partial charge in [0.2, 0.25) is 0 Å². The van der Waals surface area contributed by atoms with E-state index in [1.54, 1.807) is 17.9 Å². The number of carboxylic acids is 1. The van der Waals surface area contributed by atoms with Crippen molar-refractivity contribution >= 4 is 28.9 Å². The van der Waals surface area contributed by atoms with Gasteiger partial charge in [0.25, 0.3) is 5.91 Å². The molecule has 1 saturated heterocycles. The predicted molar refractivity (Wildman–Crippen MR) is 128 cm³/mol. The number of ether oxygens (including phenoxy) is 1. The lowest BCUT2D eigenvalue weighted by Gasteiger charge is -2.48. The number of amides is 1. The fourth-order valence-electron chi connectivity index (χ4n) is 4.65. The molecule has 182 valence electrons. The molecule has 1 aliphatic carbocycles. The summed E-state index contributed by atoms with van der Waals surface area (Å²) in [5.41, 5.74) is -1.26. The highest BCUT2D eigenvalue weighted by molar-refractivity contribution is 7.15. The van der Waals surface area contributed by atoms with Crippen molar-refractivity contribution in [3.63, 3.8) is 0 Å². The topological polar surface area (TPSA) is 107 Å². The summed E-state index contributed by atoms with van der Waals surface area (Å²) in [6.07, 6.45) is 4.03. The molecule has 1 unspecified atom stereocenters. The molecule has 0 bridgehead atoms. The van der Waals surface area contributed by atoms with Gasteiger partial charge in [-0.1, -0.05) is 31.1 Å². The Hall–Kier alpha value is -1.92. The van der Waals surface area contributed by atoms with Crippen molar-refractivity contribution in [1.82, 2.24) is 0 Å². The van der Waals surface area contributed by atoms with Crippen molar-refractivity contribution < 1.29 is 29.6 Å². The minimum atomic E-state index is -1.36. The second kappa shape index (κ2) is 10.1. The number of thiophene rings is 1. The highest BCUT2D eigenvalue weighted by Gasteiger charge is 2.49. The number of nitrogens with zero attached hydrogens (tertiary/aromatic N) is 1. The van der Waals surface area contributed by atoms with Crippen LogP contribution in [0.25, 0.3) is 0 Å². The number of hydrogen-bond acceptors (Lipinski definition) is 6. The number of anilines is 1. The Kier molecular flexibility index (Phi) is 7.90. The first-order chi connectivity index (χ1) is 15.4. The molecule has 7 nitrogen and oxygen atoms in total. The maximum atomic E-state index is 13.8. The highest BCUT2D eigenvalue weighted by Crippen LogP contribution is 2.41. The zero-order chi connectivity index (χ0) is 24.4. The molecule has 3 N–H and O–H groups in total. The first-order valence-corrected chi connectivity index (χ1v) is 12.4. The zero-order valence-electron chi connectivity index (χ0n) is 19.9. The van der Waals surface area contributed by atoms with Crippen molar-refractivity contribution in [3.8, 4) is 11.8 Å². The molecule has 8 heteroatoms. The molecule has 1 aromatic rings. The van der Waals surface area contributed by atoms with Gasteiger partial charge in [0.15, 0.2) is 0 Å². The maximum Gasteiger partial charge on any atom is 0.348 e. The Bertz CT molecular complexity index is 933. The van der Waals surface area contributed by atoms with E-state index in [2.05, 4.69) is 11.8 Å². The van der Waals surface area contributed by atoms with Gasteiger partial charge in [0.05, 0.1) is 35.9 Å². The van der Waals surface area contributed by atoms with Crippen molar-refractivity contribution in [1.29, 1.82) is 0 Å². The normalized spacial score (nSPS) is 25.5. The van der Waals surface area contributed by atoms with E-state index in [4.69, 9.17) is 4.74 Å². The summed E-state index contributed by atoms with van der Waals surface area (Å²) in [6, 6.07) is 1.42. The first-order valence-electron chi connectivity index (χ1n) is 11.6. The van der Waals surface area contributed by atoms with Gasteiger partial charge in [-0.25, -0.2) is 4.79 Å². The second-order valence-electron chi connectivity index (χ2n) is 10.4. The second-order valence-corrected chi connectivity index (χ2v) is 11.4. The molecular weight excluding hydrogens is 442 g/mol. The van der Waals surface area contributed by atoms with Gasteiger partial charge < -0.3 is 25.0 Å². The molecule has 3 rings (SSSR count). The number of morpholine rings is 1. The number of aliphatic hydroxyl groups is 2. The molecular formula is C25H35NO6S. The lowest BCUT2D eigenvalue weighted by atomic mass is 9.81. The molecule has 1 aromatic heterocycles. The van der Waals surface area contributed by atoms with E-state index < -0.39 is 24.3 Å². The van der Waals surface area contributed by atoms with Gasteiger partial charge in [0, 0.05) is 11.8 Å².